The average Bonchev–Trinajstić information content (AvgIpc) is 2.76. The Bertz CT molecular complexity index is 1130. The van der Waals surface area contributed by atoms with Gasteiger partial charge in [0.25, 0.3) is 0 Å². The lowest BCUT2D eigenvalue weighted by molar-refractivity contribution is -0.136. The summed E-state index contributed by atoms with van der Waals surface area (Å²) in [6, 6.07) is 20.5. The first-order valence-electron chi connectivity index (χ1n) is 9.20. The topological polar surface area (TPSA) is 96.9 Å². The van der Waals surface area contributed by atoms with Crippen LogP contribution in [0.1, 0.15) is 21.5 Å². The van der Waals surface area contributed by atoms with E-state index < -0.39 is 17.8 Å². The Kier molecular flexibility index (Phi) is 7.29. The number of amides is 2. The van der Waals surface area contributed by atoms with Gasteiger partial charge in [0.15, 0.2) is 0 Å². The van der Waals surface area contributed by atoms with Crippen molar-refractivity contribution in [3.05, 3.63) is 94.0 Å². The second kappa shape index (κ2) is 10.3. The van der Waals surface area contributed by atoms with Crippen LogP contribution in [0.2, 0.25) is 0 Å². The molecule has 0 radical (unpaired) electrons. The van der Waals surface area contributed by atoms with Crippen LogP contribution in [0.15, 0.2) is 82.4 Å². The first kappa shape index (κ1) is 21.9. The monoisotopic (exact) mass is 479 g/mol. The summed E-state index contributed by atoms with van der Waals surface area (Å²) < 4.78 is 5.98. The van der Waals surface area contributed by atoms with E-state index >= 15 is 0 Å². The maximum absolute atomic E-state index is 12.2. The van der Waals surface area contributed by atoms with Gasteiger partial charge in [0.2, 0.25) is 0 Å². The van der Waals surface area contributed by atoms with Gasteiger partial charge in [0, 0.05) is 10.2 Å². The summed E-state index contributed by atoms with van der Waals surface area (Å²) in [6.45, 7) is 1.92. The summed E-state index contributed by atoms with van der Waals surface area (Å²) in [7, 11) is 0. The predicted molar refractivity (Wildman–Crippen MR) is 121 cm³/mol. The summed E-state index contributed by atoms with van der Waals surface area (Å²) in [5.41, 5.74) is 4.78. The number of nitrogens with zero attached hydrogens (tertiary/aromatic N) is 1. The average molecular weight is 480 g/mol. The van der Waals surface area contributed by atoms with Crippen LogP contribution in [-0.4, -0.2) is 24.0 Å². The Morgan fingerprint density at radius 2 is 1.58 bits per heavy atom. The lowest BCUT2D eigenvalue weighted by Gasteiger charge is -2.06. The number of carbonyl (C=O) groups excluding carboxylic acids is 3. The smallest absolute Gasteiger partial charge is 0.344 e. The molecule has 0 fully saturated rings. The van der Waals surface area contributed by atoms with Crippen molar-refractivity contribution in [1.82, 2.24) is 5.43 Å². The molecule has 0 spiro atoms. The van der Waals surface area contributed by atoms with Crippen molar-refractivity contribution in [2.24, 2.45) is 5.10 Å². The number of ether oxygens (including phenoxy) is 1. The number of rotatable bonds is 5. The van der Waals surface area contributed by atoms with Crippen LogP contribution < -0.4 is 15.5 Å². The molecule has 0 aliphatic carbocycles. The van der Waals surface area contributed by atoms with Crippen molar-refractivity contribution in [3.63, 3.8) is 0 Å². The third-order valence-corrected chi connectivity index (χ3v) is 4.77. The zero-order chi connectivity index (χ0) is 22.2. The summed E-state index contributed by atoms with van der Waals surface area (Å²) >= 11 is 3.31. The molecule has 3 aromatic rings. The third-order valence-electron chi connectivity index (χ3n) is 4.08. The van der Waals surface area contributed by atoms with Gasteiger partial charge in [-0.1, -0.05) is 29.8 Å². The zero-order valence-corrected chi connectivity index (χ0v) is 18.0. The molecule has 3 aromatic carbocycles. The van der Waals surface area contributed by atoms with E-state index in [2.05, 4.69) is 31.8 Å². The van der Waals surface area contributed by atoms with E-state index in [0.717, 1.165) is 5.56 Å². The molecule has 0 bridgehead atoms. The van der Waals surface area contributed by atoms with Crippen LogP contribution in [0.25, 0.3) is 0 Å². The van der Waals surface area contributed by atoms with Gasteiger partial charge in [-0.05, 0) is 76.9 Å². The Hall–Kier alpha value is -3.78. The zero-order valence-electron chi connectivity index (χ0n) is 16.5. The van der Waals surface area contributed by atoms with E-state index in [1.54, 1.807) is 60.7 Å². The molecule has 0 unspecified atom stereocenters. The summed E-state index contributed by atoms with van der Waals surface area (Å²) in [4.78, 5) is 35.9. The van der Waals surface area contributed by atoms with E-state index in [9.17, 15) is 14.4 Å². The standard InChI is InChI=1S/C23H18BrN3O4/c1-15-6-10-17(11-7-15)26-21(28)22(29)27-25-14-16-8-12-18(13-9-16)31-23(30)19-4-2-3-5-20(19)24/h2-14H,1H3,(H,26,28)(H,27,29)/b25-14+. The van der Waals surface area contributed by atoms with Gasteiger partial charge < -0.3 is 10.1 Å². The third kappa shape index (κ3) is 6.35. The molecule has 7 nitrogen and oxygen atoms in total. The maximum atomic E-state index is 12.2. The molecule has 0 atom stereocenters. The summed E-state index contributed by atoms with van der Waals surface area (Å²) in [6.07, 6.45) is 1.37. The van der Waals surface area contributed by atoms with E-state index in [1.807, 2.05) is 19.1 Å². The molecule has 0 saturated carbocycles. The highest BCUT2D eigenvalue weighted by Gasteiger charge is 2.13. The molecule has 2 N–H and O–H groups in total. The Morgan fingerprint density at radius 1 is 0.903 bits per heavy atom. The normalized spacial score (nSPS) is 10.5. The van der Waals surface area contributed by atoms with Gasteiger partial charge in [-0.3, -0.25) is 9.59 Å². The Labute approximate surface area is 187 Å². The number of halogens is 1. The van der Waals surface area contributed by atoms with Crippen LogP contribution in [0.3, 0.4) is 0 Å². The first-order chi connectivity index (χ1) is 14.9. The van der Waals surface area contributed by atoms with Gasteiger partial charge in [-0.2, -0.15) is 5.10 Å². The van der Waals surface area contributed by atoms with Crippen LogP contribution in [0.4, 0.5) is 5.69 Å². The molecule has 8 heteroatoms. The SMILES string of the molecule is Cc1ccc(NC(=O)C(=O)N/N=C/c2ccc(OC(=O)c3ccccc3Br)cc2)cc1. The Morgan fingerprint density at radius 3 is 2.26 bits per heavy atom. The molecule has 0 saturated heterocycles. The van der Waals surface area contributed by atoms with Crippen molar-refractivity contribution >= 4 is 45.6 Å². The van der Waals surface area contributed by atoms with Crippen molar-refractivity contribution in [2.75, 3.05) is 5.32 Å². The van der Waals surface area contributed by atoms with Crippen LogP contribution in [0, 0.1) is 6.92 Å². The van der Waals surface area contributed by atoms with E-state index in [1.165, 1.54) is 6.21 Å². The van der Waals surface area contributed by atoms with Gasteiger partial charge in [0.1, 0.15) is 5.75 Å². The second-order valence-electron chi connectivity index (χ2n) is 6.46. The number of carbonyl (C=O) groups is 3. The molecule has 156 valence electrons. The van der Waals surface area contributed by atoms with Crippen LogP contribution in [-0.2, 0) is 9.59 Å². The second-order valence-corrected chi connectivity index (χ2v) is 7.31. The molecule has 0 aliphatic heterocycles. The molecular weight excluding hydrogens is 462 g/mol. The van der Waals surface area contributed by atoms with Crippen molar-refractivity contribution in [3.8, 4) is 5.75 Å². The quantitative estimate of drug-likeness (QED) is 0.189. The fraction of sp³-hybridized carbons (Fsp3) is 0.0435. The van der Waals surface area contributed by atoms with Crippen LogP contribution in [0.5, 0.6) is 5.75 Å². The maximum Gasteiger partial charge on any atom is 0.344 e. The van der Waals surface area contributed by atoms with Crippen molar-refractivity contribution in [2.45, 2.75) is 6.92 Å². The minimum atomic E-state index is -0.893. The van der Waals surface area contributed by atoms with Crippen LogP contribution >= 0.6 is 15.9 Å². The number of nitrogens with one attached hydrogen (secondary N) is 2. The number of esters is 1. The number of hydrogen-bond acceptors (Lipinski definition) is 5. The molecule has 31 heavy (non-hydrogen) atoms. The number of hydrogen-bond donors (Lipinski definition) is 2. The van der Waals surface area contributed by atoms with E-state index in [-0.39, 0.29) is 0 Å². The largest absolute Gasteiger partial charge is 0.423 e. The van der Waals surface area contributed by atoms with E-state index in [4.69, 9.17) is 4.74 Å². The highest BCUT2D eigenvalue weighted by Crippen LogP contribution is 2.19. The number of hydrazone groups is 1. The van der Waals surface area contributed by atoms with Gasteiger partial charge in [-0.25, -0.2) is 10.2 Å². The number of benzene rings is 3. The van der Waals surface area contributed by atoms with Crippen molar-refractivity contribution < 1.29 is 19.1 Å². The fourth-order valence-electron chi connectivity index (χ4n) is 2.45. The Balaban J connectivity index is 1.51. The lowest BCUT2D eigenvalue weighted by atomic mass is 10.2. The van der Waals surface area contributed by atoms with Crippen molar-refractivity contribution in [1.29, 1.82) is 0 Å². The van der Waals surface area contributed by atoms with Gasteiger partial charge >= 0.3 is 17.8 Å². The minimum absolute atomic E-state index is 0.361. The number of aryl methyl sites for hydroxylation is 1. The molecular formula is C23H18BrN3O4. The molecule has 0 heterocycles. The molecule has 2 amide bonds. The van der Waals surface area contributed by atoms with Gasteiger partial charge in [0.05, 0.1) is 11.8 Å². The first-order valence-corrected chi connectivity index (χ1v) is 9.99. The number of anilines is 1. The highest BCUT2D eigenvalue weighted by atomic mass is 79.9. The molecule has 0 aliphatic rings. The summed E-state index contributed by atoms with van der Waals surface area (Å²) in [5, 5.41) is 6.25. The fourth-order valence-corrected chi connectivity index (χ4v) is 2.90. The highest BCUT2D eigenvalue weighted by molar-refractivity contribution is 9.10. The van der Waals surface area contributed by atoms with Gasteiger partial charge in [-0.15, -0.1) is 0 Å². The lowest BCUT2D eigenvalue weighted by Crippen LogP contribution is -2.32. The predicted octanol–water partition coefficient (Wildman–Crippen LogP) is 4.07. The minimum Gasteiger partial charge on any atom is -0.423 e. The van der Waals surface area contributed by atoms with E-state index in [0.29, 0.717) is 27.0 Å². The molecule has 3 rings (SSSR count). The summed E-state index contributed by atoms with van der Waals surface area (Å²) in [5.74, 6) is -1.84. The molecule has 0 aromatic heterocycles.